The summed E-state index contributed by atoms with van der Waals surface area (Å²) in [7, 11) is 0. The maximum absolute atomic E-state index is 13.3. The highest BCUT2D eigenvalue weighted by Gasteiger charge is 2.34. The lowest BCUT2D eigenvalue weighted by atomic mass is 10.1. The summed E-state index contributed by atoms with van der Waals surface area (Å²) < 4.78 is 51.6. The van der Waals surface area contributed by atoms with Crippen molar-refractivity contribution in [3.8, 4) is 0 Å². The molecule has 0 amide bonds. The molecule has 0 saturated carbocycles. The Morgan fingerprint density at radius 1 is 1.13 bits per heavy atom. The molecule has 2 saturated heterocycles. The monoisotopic (exact) mass is 331 g/mol. The molecule has 3 nitrogen and oxygen atoms in total. The van der Waals surface area contributed by atoms with Gasteiger partial charge in [-0.05, 0) is 30.7 Å². The second-order valence-electron chi connectivity index (χ2n) is 6.27. The number of nitrogens with one attached hydrogen (secondary N) is 1. The van der Waals surface area contributed by atoms with Crippen molar-refractivity contribution in [2.45, 2.75) is 25.2 Å². The summed E-state index contributed by atoms with van der Waals surface area (Å²) in [4.78, 5) is 4.58. The van der Waals surface area contributed by atoms with Crippen molar-refractivity contribution in [1.82, 2.24) is 15.1 Å². The zero-order valence-electron chi connectivity index (χ0n) is 12.9. The van der Waals surface area contributed by atoms with E-state index in [4.69, 9.17) is 0 Å². The molecular formula is C16H21F4N3. The van der Waals surface area contributed by atoms with Crippen LogP contribution in [0.1, 0.15) is 17.5 Å². The first-order chi connectivity index (χ1) is 10.9. The van der Waals surface area contributed by atoms with Gasteiger partial charge in [-0.15, -0.1) is 0 Å². The van der Waals surface area contributed by atoms with Gasteiger partial charge in [0.15, 0.2) is 0 Å². The molecule has 0 aromatic heterocycles. The number of rotatable bonds is 3. The van der Waals surface area contributed by atoms with Crippen LogP contribution in [0, 0.1) is 5.82 Å². The summed E-state index contributed by atoms with van der Waals surface area (Å²) in [5.74, 6) is -1.21. The first-order valence-electron chi connectivity index (χ1n) is 7.96. The maximum Gasteiger partial charge on any atom is 0.419 e. The number of hydrogen-bond acceptors (Lipinski definition) is 3. The van der Waals surface area contributed by atoms with Crippen LogP contribution in [0.15, 0.2) is 18.2 Å². The Morgan fingerprint density at radius 3 is 2.48 bits per heavy atom. The summed E-state index contributed by atoms with van der Waals surface area (Å²) in [5, 5.41) is 3.35. The average molecular weight is 331 g/mol. The topological polar surface area (TPSA) is 18.5 Å². The van der Waals surface area contributed by atoms with Gasteiger partial charge in [-0.3, -0.25) is 9.80 Å². The van der Waals surface area contributed by atoms with Crippen LogP contribution < -0.4 is 5.32 Å². The molecule has 2 fully saturated rings. The average Bonchev–Trinajstić information content (AvgIpc) is 3.03. The predicted molar refractivity (Wildman–Crippen MR) is 79.5 cm³/mol. The van der Waals surface area contributed by atoms with E-state index >= 15 is 0 Å². The van der Waals surface area contributed by atoms with Crippen molar-refractivity contribution in [2.75, 3.05) is 39.3 Å². The quantitative estimate of drug-likeness (QED) is 0.858. The largest absolute Gasteiger partial charge is 0.419 e. The summed E-state index contributed by atoms with van der Waals surface area (Å²) in [5.41, 5.74) is -0.666. The van der Waals surface area contributed by atoms with Gasteiger partial charge in [-0.25, -0.2) is 4.39 Å². The van der Waals surface area contributed by atoms with E-state index in [-0.39, 0.29) is 0 Å². The van der Waals surface area contributed by atoms with Crippen LogP contribution in [0.4, 0.5) is 17.6 Å². The van der Waals surface area contributed by atoms with E-state index in [9.17, 15) is 17.6 Å². The number of benzene rings is 1. The molecule has 1 aromatic carbocycles. The van der Waals surface area contributed by atoms with E-state index in [0.717, 1.165) is 57.8 Å². The molecule has 23 heavy (non-hydrogen) atoms. The van der Waals surface area contributed by atoms with Crippen LogP contribution in [0.3, 0.4) is 0 Å². The van der Waals surface area contributed by atoms with E-state index < -0.39 is 17.6 Å². The first-order valence-corrected chi connectivity index (χ1v) is 7.96. The molecule has 0 aliphatic carbocycles. The molecule has 2 aliphatic heterocycles. The van der Waals surface area contributed by atoms with Crippen molar-refractivity contribution in [1.29, 1.82) is 0 Å². The molecule has 0 radical (unpaired) electrons. The minimum atomic E-state index is -4.64. The van der Waals surface area contributed by atoms with Gasteiger partial charge in [0.2, 0.25) is 0 Å². The van der Waals surface area contributed by atoms with Crippen LogP contribution in [0.25, 0.3) is 0 Å². The van der Waals surface area contributed by atoms with E-state index in [2.05, 4.69) is 15.1 Å². The lowest BCUT2D eigenvalue weighted by Crippen LogP contribution is -2.50. The van der Waals surface area contributed by atoms with Crippen LogP contribution >= 0.6 is 0 Å². The number of halogens is 4. The second-order valence-corrected chi connectivity index (χ2v) is 6.27. The Morgan fingerprint density at radius 2 is 1.87 bits per heavy atom. The van der Waals surface area contributed by atoms with Crippen molar-refractivity contribution in [2.24, 2.45) is 0 Å². The Bertz CT molecular complexity index is 533. The third kappa shape index (κ3) is 4.02. The molecule has 1 unspecified atom stereocenters. The smallest absolute Gasteiger partial charge is 0.315 e. The fraction of sp³-hybridized carbons (Fsp3) is 0.625. The van der Waals surface area contributed by atoms with Crippen LogP contribution in [0.2, 0.25) is 0 Å². The van der Waals surface area contributed by atoms with Crippen molar-refractivity contribution in [3.63, 3.8) is 0 Å². The zero-order valence-corrected chi connectivity index (χ0v) is 12.9. The molecule has 1 N–H and O–H groups in total. The highest BCUT2D eigenvalue weighted by atomic mass is 19.4. The van der Waals surface area contributed by atoms with Gasteiger partial charge < -0.3 is 5.32 Å². The van der Waals surface area contributed by atoms with Gasteiger partial charge in [0, 0.05) is 45.3 Å². The number of alkyl halides is 3. The molecule has 1 atom stereocenters. The number of nitrogens with zero attached hydrogens (tertiary/aromatic N) is 2. The normalized spacial score (nSPS) is 24.3. The van der Waals surface area contributed by atoms with Gasteiger partial charge in [0.1, 0.15) is 5.82 Å². The van der Waals surface area contributed by atoms with Gasteiger partial charge >= 0.3 is 6.18 Å². The van der Waals surface area contributed by atoms with Gasteiger partial charge in [0.25, 0.3) is 0 Å². The Kier molecular flexibility index (Phi) is 4.89. The molecular weight excluding hydrogens is 310 g/mol. The van der Waals surface area contributed by atoms with Crippen LogP contribution in [0.5, 0.6) is 0 Å². The van der Waals surface area contributed by atoms with Gasteiger partial charge in [0.05, 0.1) is 5.56 Å². The number of piperazine rings is 1. The first kappa shape index (κ1) is 16.7. The fourth-order valence-corrected chi connectivity index (χ4v) is 3.38. The molecule has 2 heterocycles. The molecule has 0 bridgehead atoms. The molecule has 1 aromatic rings. The minimum Gasteiger partial charge on any atom is -0.315 e. The fourth-order valence-electron chi connectivity index (χ4n) is 3.38. The van der Waals surface area contributed by atoms with Crippen molar-refractivity contribution < 1.29 is 17.6 Å². The van der Waals surface area contributed by atoms with E-state index in [1.807, 2.05) is 0 Å². The third-order valence-electron chi connectivity index (χ3n) is 4.70. The van der Waals surface area contributed by atoms with E-state index in [0.29, 0.717) is 18.2 Å². The molecule has 7 heteroatoms. The Balaban J connectivity index is 1.58. The SMILES string of the molecule is Fc1ccc(CN2CCN(C3CCNC3)CC2)cc1C(F)(F)F. The summed E-state index contributed by atoms with van der Waals surface area (Å²) in [6, 6.07) is 3.87. The van der Waals surface area contributed by atoms with Crippen molar-refractivity contribution in [3.05, 3.63) is 35.1 Å². The van der Waals surface area contributed by atoms with Gasteiger partial charge in [-0.1, -0.05) is 6.07 Å². The molecule has 2 aliphatic rings. The summed E-state index contributed by atoms with van der Waals surface area (Å²) in [6.45, 7) is 6.03. The lowest BCUT2D eigenvalue weighted by Gasteiger charge is -2.37. The summed E-state index contributed by atoms with van der Waals surface area (Å²) >= 11 is 0. The van der Waals surface area contributed by atoms with E-state index in [1.165, 1.54) is 6.07 Å². The number of hydrogen-bond donors (Lipinski definition) is 1. The van der Waals surface area contributed by atoms with Crippen LogP contribution in [-0.2, 0) is 12.7 Å². The highest BCUT2D eigenvalue weighted by Crippen LogP contribution is 2.32. The van der Waals surface area contributed by atoms with E-state index in [1.54, 1.807) is 0 Å². The Labute approximate surface area is 133 Å². The lowest BCUT2D eigenvalue weighted by molar-refractivity contribution is -0.140. The predicted octanol–water partition coefficient (Wildman–Crippen LogP) is 2.32. The molecule has 128 valence electrons. The maximum atomic E-state index is 13.3. The van der Waals surface area contributed by atoms with Crippen LogP contribution in [-0.4, -0.2) is 55.1 Å². The van der Waals surface area contributed by atoms with Gasteiger partial charge in [-0.2, -0.15) is 13.2 Å². The Hall–Kier alpha value is -1.18. The minimum absolute atomic E-state index is 0.431. The third-order valence-corrected chi connectivity index (χ3v) is 4.70. The zero-order chi connectivity index (χ0) is 16.4. The second kappa shape index (κ2) is 6.75. The highest BCUT2D eigenvalue weighted by molar-refractivity contribution is 5.27. The van der Waals surface area contributed by atoms with Crippen molar-refractivity contribution >= 4 is 0 Å². The summed E-state index contributed by atoms with van der Waals surface area (Å²) in [6.07, 6.45) is -3.48. The standard InChI is InChI=1S/C16H21F4N3/c17-15-2-1-12(9-14(15)16(18,19)20)11-22-5-7-23(8-6-22)13-3-4-21-10-13/h1-2,9,13,21H,3-8,10-11H2. The molecule has 0 spiro atoms. The molecule has 3 rings (SSSR count).